The van der Waals surface area contributed by atoms with Crippen molar-refractivity contribution < 1.29 is 9.53 Å². The molecule has 0 heterocycles. The minimum absolute atomic E-state index is 0.242. The number of methoxy groups -OCH3 is 1. The molecule has 0 aliphatic heterocycles. The van der Waals surface area contributed by atoms with Crippen LogP contribution in [0.25, 0.3) is 0 Å². The molecule has 2 nitrogen and oxygen atoms in total. The molecule has 2 radical (unpaired) electrons. The molecule has 0 saturated heterocycles. The van der Waals surface area contributed by atoms with Crippen LogP contribution in [-0.4, -0.2) is 20.9 Å². The van der Waals surface area contributed by atoms with Crippen molar-refractivity contribution in [3.8, 4) is 0 Å². The molecule has 0 aliphatic carbocycles. The fourth-order valence-corrected chi connectivity index (χ4v) is 1.11. The van der Waals surface area contributed by atoms with Crippen molar-refractivity contribution in [2.75, 3.05) is 7.11 Å². The number of hydrogen-bond donors (Lipinski definition) is 0. The van der Waals surface area contributed by atoms with Gasteiger partial charge in [0, 0.05) is 0 Å². The second kappa shape index (κ2) is 4.12. The Hall–Kier alpha value is -1.25. The van der Waals surface area contributed by atoms with Gasteiger partial charge >= 0.3 is 5.97 Å². The maximum atomic E-state index is 11.0. The quantitative estimate of drug-likeness (QED) is 0.482. The number of ether oxygens (including phenoxy) is 1. The van der Waals surface area contributed by atoms with Crippen molar-refractivity contribution in [2.24, 2.45) is 0 Å². The summed E-state index contributed by atoms with van der Waals surface area (Å²) < 4.78 is 4.57. The lowest BCUT2D eigenvalue weighted by atomic mass is 9.91. The zero-order chi connectivity index (χ0) is 9.84. The van der Waals surface area contributed by atoms with Gasteiger partial charge in [0.2, 0.25) is 0 Å². The number of carbonyl (C=O) groups excluding carboxylic acids is 1. The zero-order valence-electron chi connectivity index (χ0n) is 7.83. The molecule has 1 rings (SSSR count). The summed E-state index contributed by atoms with van der Waals surface area (Å²) in [7, 11) is 6.97. The van der Waals surface area contributed by atoms with E-state index in [0.29, 0.717) is 5.46 Å². The molecule has 0 aliphatic rings. The third-order valence-electron chi connectivity index (χ3n) is 1.94. The molecular weight excluding hydrogens is 163 g/mol. The summed E-state index contributed by atoms with van der Waals surface area (Å²) in [4.78, 5) is 11.0. The highest BCUT2D eigenvalue weighted by molar-refractivity contribution is 6.32. The van der Waals surface area contributed by atoms with Gasteiger partial charge in [-0.3, -0.25) is 4.79 Å². The molecule has 3 heteroatoms. The lowest BCUT2D eigenvalue weighted by molar-refractivity contribution is -0.139. The smallest absolute Gasteiger partial charge is 0.309 e. The topological polar surface area (TPSA) is 26.3 Å². The standard InChI is InChI=1S/C10H11BO2/c1-7-3-4-9(11)5-8(7)6-10(12)13-2/h3-5H,6H2,1-2H3. The fraction of sp³-hybridized carbons (Fsp3) is 0.300. The third kappa shape index (κ3) is 2.62. The van der Waals surface area contributed by atoms with Gasteiger partial charge in [-0.2, -0.15) is 0 Å². The van der Waals surface area contributed by atoms with E-state index in [-0.39, 0.29) is 12.4 Å². The Balaban J connectivity index is 2.87. The van der Waals surface area contributed by atoms with Gasteiger partial charge in [-0.25, -0.2) is 0 Å². The first-order valence-electron chi connectivity index (χ1n) is 4.05. The van der Waals surface area contributed by atoms with Gasteiger partial charge < -0.3 is 4.74 Å². The molecule has 0 atom stereocenters. The van der Waals surface area contributed by atoms with E-state index in [2.05, 4.69) is 4.74 Å². The Kier molecular flexibility index (Phi) is 3.12. The SMILES string of the molecule is [B]c1ccc(C)c(CC(=O)OC)c1. The highest BCUT2D eigenvalue weighted by Crippen LogP contribution is 2.06. The summed E-state index contributed by atoms with van der Waals surface area (Å²) in [5.41, 5.74) is 2.65. The van der Waals surface area contributed by atoms with Crippen LogP contribution in [-0.2, 0) is 16.0 Å². The van der Waals surface area contributed by atoms with E-state index in [1.807, 2.05) is 19.1 Å². The van der Waals surface area contributed by atoms with Crippen molar-refractivity contribution >= 4 is 19.3 Å². The van der Waals surface area contributed by atoms with Gasteiger partial charge in [-0.05, 0) is 18.1 Å². The van der Waals surface area contributed by atoms with Crippen molar-refractivity contribution in [3.05, 3.63) is 29.3 Å². The van der Waals surface area contributed by atoms with E-state index in [4.69, 9.17) is 7.85 Å². The normalized spacial score (nSPS) is 9.69. The average molecular weight is 174 g/mol. The molecule has 0 saturated carbocycles. The summed E-state index contributed by atoms with van der Waals surface area (Å²) in [6, 6.07) is 5.51. The first-order valence-corrected chi connectivity index (χ1v) is 4.05. The van der Waals surface area contributed by atoms with Crippen molar-refractivity contribution in [3.63, 3.8) is 0 Å². The monoisotopic (exact) mass is 174 g/mol. The van der Waals surface area contributed by atoms with Gasteiger partial charge in [0.25, 0.3) is 0 Å². The van der Waals surface area contributed by atoms with Crippen LogP contribution >= 0.6 is 0 Å². The molecular formula is C10H11BO2. The highest BCUT2D eigenvalue weighted by Gasteiger charge is 2.04. The Labute approximate surface area is 79.3 Å². The molecule has 0 N–H and O–H groups in total. The van der Waals surface area contributed by atoms with E-state index in [1.54, 1.807) is 6.07 Å². The van der Waals surface area contributed by atoms with Crippen LogP contribution in [0.2, 0.25) is 0 Å². The van der Waals surface area contributed by atoms with Crippen LogP contribution < -0.4 is 5.46 Å². The van der Waals surface area contributed by atoms with Crippen LogP contribution in [0, 0.1) is 6.92 Å². The summed E-state index contributed by atoms with van der Waals surface area (Å²) in [6.45, 7) is 1.94. The molecule has 0 aromatic heterocycles. The van der Waals surface area contributed by atoms with Gasteiger partial charge in [-0.1, -0.05) is 23.7 Å². The molecule has 0 amide bonds. The van der Waals surface area contributed by atoms with E-state index < -0.39 is 0 Å². The van der Waals surface area contributed by atoms with Crippen molar-refractivity contribution in [2.45, 2.75) is 13.3 Å². The Morgan fingerprint density at radius 2 is 2.23 bits per heavy atom. The number of hydrogen-bond acceptors (Lipinski definition) is 2. The predicted octanol–water partition coefficient (Wildman–Crippen LogP) is 0.504. The molecule has 66 valence electrons. The van der Waals surface area contributed by atoms with Crippen LogP contribution in [0.3, 0.4) is 0 Å². The van der Waals surface area contributed by atoms with Crippen molar-refractivity contribution in [1.29, 1.82) is 0 Å². The summed E-state index contributed by atoms with van der Waals surface area (Å²) in [5, 5.41) is 0. The predicted molar refractivity (Wildman–Crippen MR) is 52.3 cm³/mol. The number of benzene rings is 1. The zero-order valence-corrected chi connectivity index (χ0v) is 7.83. The number of carbonyl (C=O) groups is 1. The lowest BCUT2D eigenvalue weighted by Gasteiger charge is -2.05. The molecule has 13 heavy (non-hydrogen) atoms. The largest absolute Gasteiger partial charge is 0.469 e. The van der Waals surface area contributed by atoms with E-state index >= 15 is 0 Å². The maximum absolute atomic E-state index is 11.0. The van der Waals surface area contributed by atoms with Crippen LogP contribution in [0.4, 0.5) is 0 Å². The Morgan fingerprint density at radius 1 is 1.54 bits per heavy atom. The minimum Gasteiger partial charge on any atom is -0.469 e. The van der Waals surface area contributed by atoms with E-state index in [0.717, 1.165) is 11.1 Å². The van der Waals surface area contributed by atoms with Gasteiger partial charge in [0.1, 0.15) is 7.85 Å². The number of rotatable bonds is 2. The van der Waals surface area contributed by atoms with Crippen LogP contribution in [0.1, 0.15) is 11.1 Å². The maximum Gasteiger partial charge on any atom is 0.309 e. The average Bonchev–Trinajstić information content (AvgIpc) is 2.11. The van der Waals surface area contributed by atoms with Gasteiger partial charge in [0.05, 0.1) is 13.5 Å². The summed E-state index contributed by atoms with van der Waals surface area (Å²) >= 11 is 0. The molecule has 0 spiro atoms. The molecule has 1 aromatic rings. The lowest BCUT2D eigenvalue weighted by Crippen LogP contribution is -2.10. The Bertz CT molecular complexity index is 321. The summed E-state index contributed by atoms with van der Waals surface area (Å²) in [6.07, 6.45) is 0.285. The number of aryl methyl sites for hydroxylation is 1. The Morgan fingerprint density at radius 3 is 2.85 bits per heavy atom. The van der Waals surface area contributed by atoms with E-state index in [9.17, 15) is 4.79 Å². The highest BCUT2D eigenvalue weighted by atomic mass is 16.5. The first-order chi connectivity index (χ1) is 6.13. The number of esters is 1. The molecule has 0 unspecified atom stereocenters. The fourth-order valence-electron chi connectivity index (χ4n) is 1.11. The second-order valence-corrected chi connectivity index (χ2v) is 2.94. The summed E-state index contributed by atoms with van der Waals surface area (Å²) in [5.74, 6) is -0.242. The van der Waals surface area contributed by atoms with Gasteiger partial charge in [-0.15, -0.1) is 0 Å². The van der Waals surface area contributed by atoms with Crippen LogP contribution in [0.5, 0.6) is 0 Å². The van der Waals surface area contributed by atoms with Crippen LogP contribution in [0.15, 0.2) is 18.2 Å². The first kappa shape index (κ1) is 9.84. The minimum atomic E-state index is -0.242. The molecule has 0 bridgehead atoms. The van der Waals surface area contributed by atoms with Crippen molar-refractivity contribution in [1.82, 2.24) is 0 Å². The van der Waals surface area contributed by atoms with Gasteiger partial charge in [0.15, 0.2) is 0 Å². The second-order valence-electron chi connectivity index (χ2n) is 2.94. The third-order valence-corrected chi connectivity index (χ3v) is 1.94. The molecule has 1 aromatic carbocycles. The van der Waals surface area contributed by atoms with E-state index in [1.165, 1.54) is 7.11 Å². The molecule has 0 fully saturated rings.